The second kappa shape index (κ2) is 5.14. The number of para-hydroxylation sites is 1. The van der Waals surface area contributed by atoms with E-state index in [4.69, 9.17) is 9.40 Å². The summed E-state index contributed by atoms with van der Waals surface area (Å²) in [5.41, 5.74) is 4.03. The predicted octanol–water partition coefficient (Wildman–Crippen LogP) is 4.75. The summed E-state index contributed by atoms with van der Waals surface area (Å²) in [5.74, 6) is 0.865. The third kappa shape index (κ3) is 2.16. The number of furan rings is 1. The molecule has 1 N–H and O–H groups in total. The number of hydrogen-bond donors (Lipinski definition) is 1. The van der Waals surface area contributed by atoms with E-state index in [1.54, 1.807) is 11.3 Å². The lowest BCUT2D eigenvalue weighted by atomic mass is 10.1. The van der Waals surface area contributed by atoms with Crippen LogP contribution in [0.4, 0.5) is 0 Å². The lowest BCUT2D eigenvalue weighted by Gasteiger charge is -2.15. The highest BCUT2D eigenvalue weighted by Gasteiger charge is 2.17. The van der Waals surface area contributed by atoms with E-state index in [1.165, 1.54) is 0 Å². The van der Waals surface area contributed by atoms with Gasteiger partial charge < -0.3 is 9.73 Å². The van der Waals surface area contributed by atoms with Crippen molar-refractivity contribution in [2.24, 2.45) is 0 Å². The summed E-state index contributed by atoms with van der Waals surface area (Å²) in [4.78, 5) is 4.75. The van der Waals surface area contributed by atoms with E-state index < -0.39 is 0 Å². The number of aryl methyl sites for hydroxylation is 1. The van der Waals surface area contributed by atoms with Gasteiger partial charge in [-0.05, 0) is 26.0 Å². The predicted molar refractivity (Wildman–Crippen MR) is 91.8 cm³/mol. The van der Waals surface area contributed by atoms with Crippen LogP contribution < -0.4 is 5.32 Å². The first-order valence-corrected chi connectivity index (χ1v) is 8.20. The highest BCUT2D eigenvalue weighted by Crippen LogP contribution is 2.34. The number of nitrogens with zero attached hydrogens (tertiary/aromatic N) is 1. The molecule has 0 aliphatic carbocycles. The van der Waals surface area contributed by atoms with E-state index in [0.29, 0.717) is 6.04 Å². The fraction of sp³-hybridized carbons (Fsp3) is 0.167. The quantitative estimate of drug-likeness (QED) is 0.742. The minimum atomic E-state index is 0.334. The number of thiazole rings is 1. The van der Waals surface area contributed by atoms with Crippen LogP contribution >= 0.6 is 11.3 Å². The van der Waals surface area contributed by atoms with Gasteiger partial charge in [0.1, 0.15) is 16.3 Å². The zero-order valence-electron chi connectivity index (χ0n) is 12.5. The molecular weight excluding hydrogens is 292 g/mol. The Bertz CT molecular complexity index is 901. The number of rotatable bonds is 2. The Morgan fingerprint density at radius 1 is 1.27 bits per heavy atom. The second-order valence-corrected chi connectivity index (χ2v) is 6.35. The van der Waals surface area contributed by atoms with Crippen LogP contribution in [-0.2, 0) is 0 Å². The second-order valence-electron chi connectivity index (χ2n) is 5.49. The fourth-order valence-electron chi connectivity index (χ4n) is 2.71. The molecule has 0 fully saturated rings. The summed E-state index contributed by atoms with van der Waals surface area (Å²) >= 11 is 1.64. The van der Waals surface area contributed by atoms with Crippen molar-refractivity contribution in [1.29, 1.82) is 0 Å². The highest BCUT2D eigenvalue weighted by molar-refractivity contribution is 7.11. The molecule has 1 aliphatic rings. The van der Waals surface area contributed by atoms with Crippen LogP contribution in [0.15, 0.2) is 52.3 Å². The Hall–Kier alpha value is -2.33. The molecule has 3 nitrogen and oxygen atoms in total. The van der Waals surface area contributed by atoms with Gasteiger partial charge in [0.2, 0.25) is 0 Å². The Labute approximate surface area is 133 Å². The maximum atomic E-state index is 6.00. The largest absolute Gasteiger partial charge is 0.454 e. The van der Waals surface area contributed by atoms with Crippen LogP contribution in [0.1, 0.15) is 17.5 Å². The van der Waals surface area contributed by atoms with Crippen LogP contribution in [0.5, 0.6) is 0 Å². The fourth-order valence-corrected chi connectivity index (χ4v) is 3.50. The average Bonchev–Trinajstić information content (AvgIpc) is 3.13. The summed E-state index contributed by atoms with van der Waals surface area (Å²) in [5, 5.41) is 7.63. The minimum Gasteiger partial charge on any atom is -0.454 e. The first-order chi connectivity index (χ1) is 10.7. The molecule has 0 saturated carbocycles. The monoisotopic (exact) mass is 308 g/mol. The summed E-state index contributed by atoms with van der Waals surface area (Å²) in [7, 11) is 0. The Balaban J connectivity index is 1.76. The topological polar surface area (TPSA) is 38.1 Å². The van der Waals surface area contributed by atoms with Gasteiger partial charge in [0, 0.05) is 22.4 Å². The molecule has 2 aromatic heterocycles. The molecule has 0 saturated heterocycles. The third-order valence-corrected chi connectivity index (χ3v) is 4.73. The van der Waals surface area contributed by atoms with E-state index in [2.05, 4.69) is 48.8 Å². The first kappa shape index (κ1) is 13.3. The maximum Gasteiger partial charge on any atom is 0.157 e. The maximum absolute atomic E-state index is 6.00. The van der Waals surface area contributed by atoms with Crippen molar-refractivity contribution in [2.45, 2.75) is 19.9 Å². The molecule has 4 heteroatoms. The van der Waals surface area contributed by atoms with Crippen molar-refractivity contribution < 1.29 is 4.42 Å². The summed E-state index contributed by atoms with van der Waals surface area (Å²) in [6.07, 6.45) is 6.26. The molecule has 1 aromatic carbocycles. The van der Waals surface area contributed by atoms with Gasteiger partial charge in [-0.1, -0.05) is 30.4 Å². The molecule has 22 heavy (non-hydrogen) atoms. The SMILES string of the molecule is Cc1c(-c2csc(C3=CC=CC(C)N3)n2)oc2ccccc12. The van der Waals surface area contributed by atoms with Crippen molar-refractivity contribution in [1.82, 2.24) is 10.3 Å². The van der Waals surface area contributed by atoms with Crippen LogP contribution in [0, 0.1) is 6.92 Å². The van der Waals surface area contributed by atoms with Gasteiger partial charge in [0.15, 0.2) is 5.76 Å². The molecule has 3 heterocycles. The van der Waals surface area contributed by atoms with E-state index in [1.807, 2.05) is 18.2 Å². The number of dihydropyridines is 1. The molecule has 0 bridgehead atoms. The molecule has 110 valence electrons. The lowest BCUT2D eigenvalue weighted by molar-refractivity contribution is 0.626. The van der Waals surface area contributed by atoms with E-state index >= 15 is 0 Å². The minimum absolute atomic E-state index is 0.334. The summed E-state index contributed by atoms with van der Waals surface area (Å²) < 4.78 is 6.00. The van der Waals surface area contributed by atoms with Gasteiger partial charge in [-0.15, -0.1) is 11.3 Å². The molecule has 0 spiro atoms. The van der Waals surface area contributed by atoms with Gasteiger partial charge in [0.05, 0.1) is 5.70 Å². The third-order valence-electron chi connectivity index (χ3n) is 3.86. The first-order valence-electron chi connectivity index (χ1n) is 7.32. The van der Waals surface area contributed by atoms with E-state index in [0.717, 1.165) is 38.7 Å². The van der Waals surface area contributed by atoms with Gasteiger partial charge in [0.25, 0.3) is 0 Å². The number of benzene rings is 1. The number of nitrogens with one attached hydrogen (secondary N) is 1. The standard InChI is InChI=1S/C18H16N2OS/c1-11-6-5-8-14(19-11)18-20-15(10-22-18)17-12(2)13-7-3-4-9-16(13)21-17/h3-11,19H,1-2H3. The van der Waals surface area contributed by atoms with Gasteiger partial charge in [-0.2, -0.15) is 0 Å². The molecular formula is C18H16N2OS. The van der Waals surface area contributed by atoms with Crippen LogP contribution in [-0.4, -0.2) is 11.0 Å². The molecule has 4 rings (SSSR count). The van der Waals surface area contributed by atoms with E-state index in [-0.39, 0.29) is 0 Å². The van der Waals surface area contributed by atoms with Crippen LogP contribution in [0.25, 0.3) is 28.1 Å². The Kier molecular flexibility index (Phi) is 3.12. The van der Waals surface area contributed by atoms with Gasteiger partial charge >= 0.3 is 0 Å². The van der Waals surface area contributed by atoms with Gasteiger partial charge in [-0.3, -0.25) is 0 Å². The van der Waals surface area contributed by atoms with E-state index in [9.17, 15) is 0 Å². The number of hydrogen-bond acceptors (Lipinski definition) is 4. The summed E-state index contributed by atoms with van der Waals surface area (Å²) in [6.45, 7) is 4.21. The zero-order chi connectivity index (χ0) is 15.1. The van der Waals surface area contributed by atoms with Crippen molar-refractivity contribution in [3.8, 4) is 11.5 Å². The van der Waals surface area contributed by atoms with Crippen molar-refractivity contribution >= 4 is 28.0 Å². The molecule has 0 radical (unpaired) electrons. The Morgan fingerprint density at radius 3 is 2.95 bits per heavy atom. The number of allylic oxidation sites excluding steroid dienone is 2. The van der Waals surface area contributed by atoms with Crippen molar-refractivity contribution in [3.63, 3.8) is 0 Å². The average molecular weight is 308 g/mol. The molecule has 1 aliphatic heterocycles. The van der Waals surface area contributed by atoms with Crippen molar-refractivity contribution in [2.75, 3.05) is 0 Å². The van der Waals surface area contributed by atoms with Crippen LogP contribution in [0.2, 0.25) is 0 Å². The Morgan fingerprint density at radius 2 is 2.14 bits per heavy atom. The smallest absolute Gasteiger partial charge is 0.157 e. The summed E-state index contributed by atoms with van der Waals surface area (Å²) in [6, 6.07) is 8.44. The molecule has 3 aromatic rings. The van der Waals surface area contributed by atoms with Crippen LogP contribution in [0.3, 0.4) is 0 Å². The van der Waals surface area contributed by atoms with Crippen molar-refractivity contribution in [3.05, 3.63) is 58.4 Å². The normalized spacial score (nSPS) is 17.5. The number of aromatic nitrogens is 1. The molecule has 0 amide bonds. The lowest BCUT2D eigenvalue weighted by Crippen LogP contribution is -2.24. The highest BCUT2D eigenvalue weighted by atomic mass is 32.1. The zero-order valence-corrected chi connectivity index (χ0v) is 13.3. The molecule has 1 atom stereocenters. The number of fused-ring (bicyclic) bond motifs is 1. The van der Waals surface area contributed by atoms with Gasteiger partial charge in [-0.25, -0.2) is 4.98 Å². The molecule has 1 unspecified atom stereocenters.